The van der Waals surface area contributed by atoms with Gasteiger partial charge >= 0.3 is 0 Å². The van der Waals surface area contributed by atoms with Crippen molar-refractivity contribution in [2.24, 2.45) is 11.1 Å². The fourth-order valence-corrected chi connectivity index (χ4v) is 1.50. The molecular formula is C10H22N2O2. The van der Waals surface area contributed by atoms with Gasteiger partial charge < -0.3 is 15.6 Å². The summed E-state index contributed by atoms with van der Waals surface area (Å²) in [6.45, 7) is 7.45. The van der Waals surface area contributed by atoms with E-state index in [9.17, 15) is 5.11 Å². The third-order valence-electron chi connectivity index (χ3n) is 3.01. The molecule has 1 aliphatic heterocycles. The summed E-state index contributed by atoms with van der Waals surface area (Å²) in [5, 5.41) is 9.19. The smallest absolute Gasteiger partial charge is 0.0594 e. The van der Waals surface area contributed by atoms with Gasteiger partial charge in [-0.05, 0) is 19.5 Å². The number of aliphatic hydroxyl groups is 1. The summed E-state index contributed by atoms with van der Waals surface area (Å²) in [5.41, 5.74) is 5.52. The zero-order chi connectivity index (χ0) is 10.4. The number of nitrogens with two attached hydrogens (primary N) is 1. The molecule has 4 nitrogen and oxygen atoms in total. The number of hydrogen-bond donors (Lipinski definition) is 2. The Labute approximate surface area is 86.0 Å². The third-order valence-corrected chi connectivity index (χ3v) is 3.01. The summed E-state index contributed by atoms with van der Waals surface area (Å²) in [4.78, 5) is 2.37. The van der Waals surface area contributed by atoms with Crippen LogP contribution in [0.4, 0.5) is 0 Å². The summed E-state index contributed by atoms with van der Waals surface area (Å²) in [5.74, 6) is 0. The van der Waals surface area contributed by atoms with Crippen LogP contribution in [0.25, 0.3) is 0 Å². The minimum Gasteiger partial charge on any atom is -0.396 e. The number of rotatable bonds is 5. The first-order valence-corrected chi connectivity index (χ1v) is 5.31. The zero-order valence-electron chi connectivity index (χ0n) is 9.04. The van der Waals surface area contributed by atoms with Crippen LogP contribution in [0.5, 0.6) is 0 Å². The number of nitrogens with zero attached hydrogens (tertiary/aromatic N) is 1. The lowest BCUT2D eigenvalue weighted by atomic mass is 9.88. The second-order valence-corrected chi connectivity index (χ2v) is 4.38. The summed E-state index contributed by atoms with van der Waals surface area (Å²) in [7, 11) is 0. The SMILES string of the molecule is CC(CN)(CO)CCN1CCOCC1. The van der Waals surface area contributed by atoms with Crippen molar-refractivity contribution in [1.29, 1.82) is 0 Å². The fourth-order valence-electron chi connectivity index (χ4n) is 1.50. The van der Waals surface area contributed by atoms with Crippen LogP contribution in [0.1, 0.15) is 13.3 Å². The molecule has 14 heavy (non-hydrogen) atoms. The Morgan fingerprint density at radius 3 is 2.57 bits per heavy atom. The second-order valence-electron chi connectivity index (χ2n) is 4.38. The first-order valence-electron chi connectivity index (χ1n) is 5.31. The van der Waals surface area contributed by atoms with Gasteiger partial charge in [0.05, 0.1) is 13.2 Å². The molecule has 0 aromatic heterocycles. The van der Waals surface area contributed by atoms with Gasteiger partial charge in [0.25, 0.3) is 0 Å². The van der Waals surface area contributed by atoms with Gasteiger partial charge in [-0.3, -0.25) is 4.90 Å². The molecule has 0 saturated carbocycles. The van der Waals surface area contributed by atoms with Crippen LogP contribution in [-0.2, 0) is 4.74 Å². The van der Waals surface area contributed by atoms with Gasteiger partial charge in [0.1, 0.15) is 0 Å². The summed E-state index contributed by atoms with van der Waals surface area (Å²) >= 11 is 0. The Kier molecular flexibility index (Phi) is 4.81. The molecule has 3 N–H and O–H groups in total. The van der Waals surface area contributed by atoms with E-state index in [1.807, 2.05) is 6.92 Å². The van der Waals surface area contributed by atoms with Crippen LogP contribution in [0, 0.1) is 5.41 Å². The van der Waals surface area contributed by atoms with E-state index in [4.69, 9.17) is 10.5 Å². The van der Waals surface area contributed by atoms with Crippen molar-refractivity contribution in [2.75, 3.05) is 46.0 Å². The molecule has 0 amide bonds. The lowest BCUT2D eigenvalue weighted by Gasteiger charge is -2.31. The Morgan fingerprint density at radius 1 is 1.43 bits per heavy atom. The Hall–Kier alpha value is -0.160. The first-order chi connectivity index (χ1) is 6.70. The molecule has 1 fully saturated rings. The van der Waals surface area contributed by atoms with E-state index in [1.165, 1.54) is 0 Å². The molecule has 1 atom stereocenters. The van der Waals surface area contributed by atoms with Gasteiger partial charge in [-0.2, -0.15) is 0 Å². The van der Waals surface area contributed by atoms with Crippen molar-refractivity contribution in [3.05, 3.63) is 0 Å². The quantitative estimate of drug-likeness (QED) is 0.641. The van der Waals surface area contributed by atoms with Gasteiger partial charge in [-0.1, -0.05) is 6.92 Å². The summed E-state index contributed by atoms with van der Waals surface area (Å²) in [6.07, 6.45) is 0.958. The molecule has 1 heterocycles. The van der Waals surface area contributed by atoms with E-state index in [0.29, 0.717) is 6.54 Å². The van der Waals surface area contributed by atoms with Crippen molar-refractivity contribution in [2.45, 2.75) is 13.3 Å². The van der Waals surface area contributed by atoms with Crippen molar-refractivity contribution in [3.63, 3.8) is 0 Å². The van der Waals surface area contributed by atoms with Gasteiger partial charge in [-0.25, -0.2) is 0 Å². The van der Waals surface area contributed by atoms with Crippen LogP contribution in [0.3, 0.4) is 0 Å². The Bertz CT molecular complexity index is 154. The molecule has 0 aliphatic carbocycles. The van der Waals surface area contributed by atoms with E-state index in [-0.39, 0.29) is 12.0 Å². The maximum Gasteiger partial charge on any atom is 0.0594 e. The summed E-state index contributed by atoms with van der Waals surface area (Å²) < 4.78 is 5.27. The molecule has 84 valence electrons. The predicted octanol–water partition coefficient (Wildman–Crippen LogP) is -0.334. The number of aliphatic hydroxyl groups excluding tert-OH is 1. The lowest BCUT2D eigenvalue weighted by molar-refractivity contribution is 0.0279. The van der Waals surface area contributed by atoms with Gasteiger partial charge in [-0.15, -0.1) is 0 Å². The van der Waals surface area contributed by atoms with E-state index in [0.717, 1.165) is 39.3 Å². The zero-order valence-corrected chi connectivity index (χ0v) is 9.04. The predicted molar refractivity (Wildman–Crippen MR) is 56.1 cm³/mol. The highest BCUT2D eigenvalue weighted by atomic mass is 16.5. The average molecular weight is 202 g/mol. The van der Waals surface area contributed by atoms with E-state index >= 15 is 0 Å². The van der Waals surface area contributed by atoms with Crippen LogP contribution in [0.2, 0.25) is 0 Å². The molecule has 0 bridgehead atoms. The molecule has 0 spiro atoms. The summed E-state index contributed by atoms with van der Waals surface area (Å²) in [6, 6.07) is 0. The Balaban J connectivity index is 2.23. The monoisotopic (exact) mass is 202 g/mol. The van der Waals surface area contributed by atoms with Gasteiger partial charge in [0, 0.05) is 25.1 Å². The van der Waals surface area contributed by atoms with E-state index in [2.05, 4.69) is 4.90 Å². The number of hydrogen-bond acceptors (Lipinski definition) is 4. The van der Waals surface area contributed by atoms with Gasteiger partial charge in [0.15, 0.2) is 0 Å². The van der Waals surface area contributed by atoms with E-state index in [1.54, 1.807) is 0 Å². The highest BCUT2D eigenvalue weighted by Gasteiger charge is 2.22. The van der Waals surface area contributed by atoms with Crippen molar-refractivity contribution in [1.82, 2.24) is 4.90 Å². The highest BCUT2D eigenvalue weighted by Crippen LogP contribution is 2.19. The topological polar surface area (TPSA) is 58.7 Å². The van der Waals surface area contributed by atoms with Crippen LogP contribution >= 0.6 is 0 Å². The molecule has 0 radical (unpaired) electrons. The minimum absolute atomic E-state index is 0.113. The first kappa shape index (κ1) is 11.9. The maximum absolute atomic E-state index is 9.19. The highest BCUT2D eigenvalue weighted by molar-refractivity contribution is 4.76. The second kappa shape index (κ2) is 5.66. The molecule has 1 saturated heterocycles. The van der Waals surface area contributed by atoms with Crippen molar-refractivity contribution >= 4 is 0 Å². The number of ether oxygens (including phenoxy) is 1. The molecule has 0 aromatic rings. The van der Waals surface area contributed by atoms with Crippen LogP contribution in [0.15, 0.2) is 0 Å². The van der Waals surface area contributed by atoms with Crippen LogP contribution in [-0.4, -0.2) is 56.0 Å². The van der Waals surface area contributed by atoms with Crippen molar-refractivity contribution < 1.29 is 9.84 Å². The molecule has 1 unspecified atom stereocenters. The molecule has 0 aromatic carbocycles. The molecule has 1 aliphatic rings. The molecule has 1 rings (SSSR count). The largest absolute Gasteiger partial charge is 0.396 e. The normalized spacial score (nSPS) is 23.4. The average Bonchev–Trinajstić information content (AvgIpc) is 2.27. The van der Waals surface area contributed by atoms with Crippen LogP contribution < -0.4 is 5.73 Å². The molecular weight excluding hydrogens is 180 g/mol. The fraction of sp³-hybridized carbons (Fsp3) is 1.00. The minimum atomic E-state index is -0.113. The Morgan fingerprint density at radius 2 is 2.07 bits per heavy atom. The maximum atomic E-state index is 9.19. The lowest BCUT2D eigenvalue weighted by Crippen LogP contribution is -2.40. The van der Waals surface area contributed by atoms with Crippen molar-refractivity contribution in [3.8, 4) is 0 Å². The standard InChI is InChI=1S/C10H22N2O2/c1-10(8-11,9-13)2-3-12-4-6-14-7-5-12/h13H,2-9,11H2,1H3. The third kappa shape index (κ3) is 3.53. The van der Waals surface area contributed by atoms with Gasteiger partial charge in [0.2, 0.25) is 0 Å². The molecule has 4 heteroatoms. The van der Waals surface area contributed by atoms with E-state index < -0.39 is 0 Å². The number of morpholine rings is 1.